The van der Waals surface area contributed by atoms with Crippen molar-refractivity contribution < 1.29 is 0 Å². The van der Waals surface area contributed by atoms with Crippen molar-refractivity contribution in [2.45, 2.75) is 13.8 Å². The fraction of sp³-hybridized carbons (Fsp3) is 0.375. The second-order valence-corrected chi connectivity index (χ2v) is 1.02. The molecule has 0 fully saturated rings. The molecule has 0 bridgehead atoms. The smallest absolute Gasteiger partial charge is 0.0267 e. The lowest BCUT2D eigenvalue weighted by atomic mass is 10.5. The Balaban J connectivity index is 0. The summed E-state index contributed by atoms with van der Waals surface area (Å²) >= 11 is 2.94. The van der Waals surface area contributed by atoms with Crippen molar-refractivity contribution in [2.24, 2.45) is 0 Å². The van der Waals surface area contributed by atoms with Crippen LogP contribution in [0.4, 0.5) is 0 Å². The van der Waals surface area contributed by atoms with Crippen LogP contribution < -0.4 is 0 Å². The molecule has 0 unspecified atom stereocenters. The first-order chi connectivity index (χ1) is 5.00. The number of alkyl halides is 1. The van der Waals surface area contributed by atoms with E-state index in [0.29, 0.717) is 0 Å². The SMILES string of the molecule is CBr.CC.c1ccncc1. The van der Waals surface area contributed by atoms with Crippen molar-refractivity contribution in [3.05, 3.63) is 30.6 Å². The minimum Gasteiger partial charge on any atom is -0.265 e. The second-order valence-electron chi connectivity index (χ2n) is 1.02. The number of hydrogen-bond acceptors (Lipinski definition) is 1. The van der Waals surface area contributed by atoms with Crippen LogP contribution in [-0.2, 0) is 0 Å². The molecule has 0 aliphatic carbocycles. The standard InChI is InChI=1S/C5H5N.C2H6.CH3Br/c1-2-4-6-5-3-1;2*1-2/h1-5H;1-2H3;1H3. The number of hydrogen-bond donors (Lipinski definition) is 0. The summed E-state index contributed by atoms with van der Waals surface area (Å²) in [5.41, 5.74) is 0. The zero-order valence-corrected chi connectivity index (χ0v) is 8.30. The van der Waals surface area contributed by atoms with Gasteiger partial charge in [0.25, 0.3) is 0 Å². The fourth-order valence-electron chi connectivity index (χ4n) is 0.313. The molecule has 0 atom stereocenters. The van der Waals surface area contributed by atoms with Gasteiger partial charge in [0.05, 0.1) is 0 Å². The molecule has 0 radical (unpaired) electrons. The first-order valence-electron chi connectivity index (χ1n) is 3.23. The van der Waals surface area contributed by atoms with Gasteiger partial charge in [-0.1, -0.05) is 35.8 Å². The average molecular weight is 204 g/mol. The summed E-state index contributed by atoms with van der Waals surface area (Å²) in [6, 6.07) is 5.72. The molecular weight excluding hydrogens is 190 g/mol. The summed E-state index contributed by atoms with van der Waals surface area (Å²) in [7, 11) is 0. The maximum atomic E-state index is 3.78. The molecule has 0 aliphatic rings. The molecule has 1 nitrogen and oxygen atoms in total. The molecule has 1 rings (SSSR count). The number of aromatic nitrogens is 1. The molecule has 1 heterocycles. The van der Waals surface area contributed by atoms with Gasteiger partial charge in [-0.2, -0.15) is 0 Å². The number of rotatable bonds is 0. The van der Waals surface area contributed by atoms with E-state index in [2.05, 4.69) is 20.9 Å². The maximum absolute atomic E-state index is 3.78. The quantitative estimate of drug-likeness (QED) is 0.591. The van der Waals surface area contributed by atoms with Gasteiger partial charge < -0.3 is 0 Å². The van der Waals surface area contributed by atoms with Crippen molar-refractivity contribution >= 4 is 15.9 Å². The third-order valence-corrected chi connectivity index (χ3v) is 0.566. The van der Waals surface area contributed by atoms with Crippen molar-refractivity contribution in [3.63, 3.8) is 0 Å². The van der Waals surface area contributed by atoms with Crippen molar-refractivity contribution in [1.82, 2.24) is 4.98 Å². The molecule has 0 amide bonds. The van der Waals surface area contributed by atoms with Crippen LogP contribution in [0.5, 0.6) is 0 Å². The van der Waals surface area contributed by atoms with Crippen molar-refractivity contribution in [3.8, 4) is 0 Å². The molecule has 0 saturated carbocycles. The van der Waals surface area contributed by atoms with E-state index in [1.54, 1.807) is 12.4 Å². The molecule has 2 heteroatoms. The first kappa shape index (κ1) is 12.3. The van der Waals surface area contributed by atoms with E-state index in [-0.39, 0.29) is 0 Å². The van der Waals surface area contributed by atoms with Crippen molar-refractivity contribution in [1.29, 1.82) is 0 Å². The van der Waals surface area contributed by atoms with Gasteiger partial charge >= 0.3 is 0 Å². The number of nitrogens with zero attached hydrogens (tertiary/aromatic N) is 1. The third kappa shape index (κ3) is 10.6. The molecule has 10 heavy (non-hydrogen) atoms. The van der Waals surface area contributed by atoms with Gasteiger partial charge in [0.15, 0.2) is 0 Å². The van der Waals surface area contributed by atoms with E-state index >= 15 is 0 Å². The first-order valence-corrected chi connectivity index (χ1v) is 4.81. The highest BCUT2D eigenvalue weighted by Gasteiger charge is 1.58. The lowest BCUT2D eigenvalue weighted by Crippen LogP contribution is -1.58. The van der Waals surface area contributed by atoms with Crippen LogP contribution in [-0.4, -0.2) is 10.8 Å². The van der Waals surface area contributed by atoms with Gasteiger partial charge in [-0.05, 0) is 18.0 Å². The summed E-state index contributed by atoms with van der Waals surface area (Å²) in [6.07, 6.45) is 3.50. The lowest BCUT2D eigenvalue weighted by Gasteiger charge is -1.70. The maximum Gasteiger partial charge on any atom is 0.0267 e. The fourth-order valence-corrected chi connectivity index (χ4v) is 0.313. The Bertz CT molecular complexity index is 81.2. The summed E-state index contributed by atoms with van der Waals surface area (Å²) < 4.78 is 0. The molecule has 1 aromatic heterocycles. The Morgan fingerprint density at radius 1 is 0.900 bits per heavy atom. The largest absolute Gasteiger partial charge is 0.265 e. The predicted octanol–water partition coefficient (Wildman–Crippen LogP) is 3.12. The molecule has 1 aromatic rings. The van der Waals surface area contributed by atoms with Crippen LogP contribution in [0.25, 0.3) is 0 Å². The Hall–Kier alpha value is -0.370. The highest BCUT2D eigenvalue weighted by atomic mass is 79.9. The van der Waals surface area contributed by atoms with Gasteiger partial charge in [-0.15, -0.1) is 0 Å². The highest BCUT2D eigenvalue weighted by Crippen LogP contribution is 1.73. The van der Waals surface area contributed by atoms with E-state index in [4.69, 9.17) is 0 Å². The molecule has 0 aliphatic heterocycles. The van der Waals surface area contributed by atoms with Crippen LogP contribution in [0.1, 0.15) is 13.8 Å². The lowest BCUT2D eigenvalue weighted by molar-refractivity contribution is 1.33. The average Bonchev–Trinajstić information content (AvgIpc) is 2.14. The molecule has 0 N–H and O–H groups in total. The summed E-state index contributed by atoms with van der Waals surface area (Å²) in [5, 5.41) is 0. The van der Waals surface area contributed by atoms with Crippen LogP contribution in [0.15, 0.2) is 30.6 Å². The van der Waals surface area contributed by atoms with Crippen LogP contribution in [0, 0.1) is 0 Å². The summed E-state index contributed by atoms with van der Waals surface area (Å²) in [4.78, 5) is 3.78. The molecule has 58 valence electrons. The van der Waals surface area contributed by atoms with Gasteiger partial charge in [0.1, 0.15) is 0 Å². The van der Waals surface area contributed by atoms with E-state index in [1.165, 1.54) is 0 Å². The van der Waals surface area contributed by atoms with E-state index < -0.39 is 0 Å². The van der Waals surface area contributed by atoms with Gasteiger partial charge in [-0.3, -0.25) is 4.98 Å². The summed E-state index contributed by atoms with van der Waals surface area (Å²) in [5.74, 6) is 1.81. The molecule has 0 spiro atoms. The molecule has 0 saturated heterocycles. The number of halogens is 1. The monoisotopic (exact) mass is 203 g/mol. The number of pyridine rings is 1. The Labute approximate surface area is 71.6 Å². The van der Waals surface area contributed by atoms with Crippen LogP contribution >= 0.6 is 15.9 Å². The third-order valence-electron chi connectivity index (χ3n) is 0.566. The van der Waals surface area contributed by atoms with Crippen LogP contribution in [0.3, 0.4) is 0 Å². The Morgan fingerprint density at radius 3 is 1.40 bits per heavy atom. The Morgan fingerprint density at radius 2 is 1.30 bits per heavy atom. The minimum absolute atomic E-state index is 1.75. The highest BCUT2D eigenvalue weighted by molar-refractivity contribution is 9.08. The zero-order valence-electron chi connectivity index (χ0n) is 6.71. The van der Waals surface area contributed by atoms with E-state index in [0.717, 1.165) is 0 Å². The molecule has 0 aromatic carbocycles. The topological polar surface area (TPSA) is 12.9 Å². The van der Waals surface area contributed by atoms with Crippen LogP contribution in [0.2, 0.25) is 0 Å². The normalized spacial score (nSPS) is 6.00. The summed E-state index contributed by atoms with van der Waals surface area (Å²) in [6.45, 7) is 4.00. The van der Waals surface area contributed by atoms with E-state index in [1.807, 2.05) is 37.9 Å². The van der Waals surface area contributed by atoms with E-state index in [9.17, 15) is 0 Å². The Kier molecular flexibility index (Phi) is 19.5. The van der Waals surface area contributed by atoms with Gasteiger partial charge in [-0.25, -0.2) is 0 Å². The predicted molar refractivity (Wildman–Crippen MR) is 50.4 cm³/mol. The minimum atomic E-state index is 1.75. The van der Waals surface area contributed by atoms with Gasteiger partial charge in [0, 0.05) is 12.4 Å². The second kappa shape index (κ2) is 15.9. The van der Waals surface area contributed by atoms with Gasteiger partial charge in [0.2, 0.25) is 0 Å². The van der Waals surface area contributed by atoms with Crippen molar-refractivity contribution in [2.75, 3.05) is 5.83 Å². The zero-order chi connectivity index (χ0) is 8.24. The molecular formula is C8H14BrN.